The zero-order valence-corrected chi connectivity index (χ0v) is 10.5. The molecule has 0 spiro atoms. The van der Waals surface area contributed by atoms with Crippen molar-refractivity contribution in [2.45, 2.75) is 19.5 Å². The van der Waals surface area contributed by atoms with Crippen molar-refractivity contribution in [2.75, 3.05) is 14.2 Å². The Kier molecular flexibility index (Phi) is 4.83. The average molecular weight is 254 g/mol. The topological polar surface area (TPSA) is 52.6 Å². The van der Waals surface area contributed by atoms with Crippen LogP contribution in [0.5, 0.6) is 11.5 Å². The third kappa shape index (κ3) is 3.06. The summed E-state index contributed by atoms with van der Waals surface area (Å²) in [6.07, 6.45) is -2.15. The fourth-order valence-electron chi connectivity index (χ4n) is 1.42. The molecule has 1 atom stereocenters. The summed E-state index contributed by atoms with van der Waals surface area (Å²) < 4.78 is 23.5. The van der Waals surface area contributed by atoms with Crippen LogP contribution in [-0.2, 0) is 4.79 Å². The lowest BCUT2D eigenvalue weighted by Gasteiger charge is -2.09. The van der Waals surface area contributed by atoms with Gasteiger partial charge in [0.15, 0.2) is 5.78 Å². The molecule has 0 aliphatic rings. The molecule has 0 heterocycles. The number of halogens is 1. The zero-order chi connectivity index (χ0) is 13.7. The van der Waals surface area contributed by atoms with Gasteiger partial charge >= 0.3 is 0 Å². The molecule has 1 rings (SSSR count). The van der Waals surface area contributed by atoms with Crippen LogP contribution in [0.25, 0.3) is 0 Å². The van der Waals surface area contributed by atoms with Crippen LogP contribution >= 0.6 is 0 Å². The highest BCUT2D eigenvalue weighted by molar-refractivity contribution is 6.13. The van der Waals surface area contributed by atoms with Crippen molar-refractivity contribution < 1.29 is 23.5 Å². The van der Waals surface area contributed by atoms with Crippen molar-refractivity contribution in [3.63, 3.8) is 0 Å². The fraction of sp³-hybridized carbons (Fsp3) is 0.385. The molecular weight excluding hydrogens is 239 g/mol. The van der Waals surface area contributed by atoms with E-state index in [2.05, 4.69) is 0 Å². The van der Waals surface area contributed by atoms with Crippen molar-refractivity contribution >= 4 is 11.6 Å². The molecule has 0 aliphatic heterocycles. The summed E-state index contributed by atoms with van der Waals surface area (Å²) in [7, 11) is 2.85. The van der Waals surface area contributed by atoms with Gasteiger partial charge in [-0.3, -0.25) is 9.59 Å². The van der Waals surface area contributed by atoms with Crippen molar-refractivity contribution in [3.05, 3.63) is 23.8 Å². The molecule has 0 saturated carbocycles. The number of alkyl halides is 1. The Hall–Kier alpha value is -1.91. The molecule has 1 aromatic carbocycles. The number of ether oxygens (including phenoxy) is 2. The fourth-order valence-corrected chi connectivity index (χ4v) is 1.42. The zero-order valence-electron chi connectivity index (χ0n) is 10.5. The highest BCUT2D eigenvalue weighted by Crippen LogP contribution is 2.24. The van der Waals surface area contributed by atoms with E-state index in [-0.39, 0.29) is 12.0 Å². The first kappa shape index (κ1) is 14.2. The summed E-state index contributed by atoms with van der Waals surface area (Å²) in [4.78, 5) is 23.0. The van der Waals surface area contributed by atoms with Gasteiger partial charge in [-0.25, -0.2) is 4.39 Å². The maximum atomic E-state index is 13.6. The number of methoxy groups -OCH3 is 2. The predicted molar refractivity (Wildman–Crippen MR) is 64.1 cm³/mol. The number of rotatable bonds is 6. The number of Topliss-reactive ketones (excluding diaryl/α,β-unsaturated/α-hetero) is 2. The maximum absolute atomic E-state index is 13.6. The van der Waals surface area contributed by atoms with E-state index in [1.54, 1.807) is 6.07 Å². The quantitative estimate of drug-likeness (QED) is 0.577. The van der Waals surface area contributed by atoms with Gasteiger partial charge in [-0.05, 0) is 12.1 Å². The van der Waals surface area contributed by atoms with Crippen LogP contribution in [0, 0.1) is 0 Å². The largest absolute Gasteiger partial charge is 0.497 e. The van der Waals surface area contributed by atoms with Gasteiger partial charge in [-0.1, -0.05) is 6.92 Å². The van der Waals surface area contributed by atoms with Crippen LogP contribution in [0.4, 0.5) is 4.39 Å². The van der Waals surface area contributed by atoms with E-state index in [0.29, 0.717) is 11.5 Å². The van der Waals surface area contributed by atoms with Gasteiger partial charge in [0.1, 0.15) is 11.5 Å². The molecule has 0 amide bonds. The minimum Gasteiger partial charge on any atom is -0.497 e. The van der Waals surface area contributed by atoms with Gasteiger partial charge in [0.2, 0.25) is 12.0 Å². The smallest absolute Gasteiger partial charge is 0.220 e. The minimum atomic E-state index is -2.13. The Morgan fingerprint density at radius 2 is 1.67 bits per heavy atom. The van der Waals surface area contributed by atoms with Gasteiger partial charge in [-0.2, -0.15) is 0 Å². The van der Waals surface area contributed by atoms with Crippen LogP contribution in [0.3, 0.4) is 0 Å². The SMILES string of the molecule is CCC(=O)C(F)C(=O)c1cc(OC)cc(OC)c1. The van der Waals surface area contributed by atoms with E-state index in [0.717, 1.165) is 0 Å². The molecule has 1 aromatic rings. The normalized spacial score (nSPS) is 11.8. The molecule has 98 valence electrons. The summed E-state index contributed by atoms with van der Waals surface area (Å²) in [6.45, 7) is 1.51. The van der Waals surface area contributed by atoms with Crippen LogP contribution in [0.15, 0.2) is 18.2 Å². The Morgan fingerprint density at radius 3 is 2.06 bits per heavy atom. The summed E-state index contributed by atoms with van der Waals surface area (Å²) in [5, 5.41) is 0. The first-order valence-corrected chi connectivity index (χ1v) is 5.47. The van der Waals surface area contributed by atoms with Crippen LogP contribution < -0.4 is 9.47 Å². The number of benzene rings is 1. The van der Waals surface area contributed by atoms with E-state index < -0.39 is 17.7 Å². The number of carbonyl (C=O) groups is 2. The lowest BCUT2D eigenvalue weighted by molar-refractivity contribution is -0.121. The second-order valence-corrected chi connectivity index (χ2v) is 3.65. The maximum Gasteiger partial charge on any atom is 0.220 e. The van der Waals surface area contributed by atoms with Crippen LogP contribution in [0.2, 0.25) is 0 Å². The number of carbonyl (C=O) groups excluding carboxylic acids is 2. The first-order chi connectivity index (χ1) is 8.53. The second kappa shape index (κ2) is 6.14. The standard InChI is InChI=1S/C13H15FO4/c1-4-11(15)12(14)13(16)8-5-9(17-2)7-10(6-8)18-3/h5-7,12H,4H2,1-3H3. The van der Waals surface area contributed by atoms with Crippen LogP contribution in [0.1, 0.15) is 23.7 Å². The lowest BCUT2D eigenvalue weighted by atomic mass is 10.0. The number of hydrogen-bond donors (Lipinski definition) is 0. The Balaban J connectivity index is 3.08. The molecule has 0 aromatic heterocycles. The third-order valence-corrected chi connectivity index (χ3v) is 2.50. The molecule has 5 heteroatoms. The molecule has 0 fully saturated rings. The monoisotopic (exact) mass is 254 g/mol. The molecule has 18 heavy (non-hydrogen) atoms. The van der Waals surface area contributed by atoms with E-state index in [9.17, 15) is 14.0 Å². The summed E-state index contributed by atoms with van der Waals surface area (Å²) in [5.74, 6) is -0.872. The van der Waals surface area contributed by atoms with Gasteiger partial charge in [-0.15, -0.1) is 0 Å². The summed E-state index contributed by atoms with van der Waals surface area (Å²) >= 11 is 0. The van der Waals surface area contributed by atoms with E-state index >= 15 is 0 Å². The highest BCUT2D eigenvalue weighted by atomic mass is 19.1. The Bertz CT molecular complexity index is 434. The predicted octanol–water partition coefficient (Wildman–Crippen LogP) is 2.20. The third-order valence-electron chi connectivity index (χ3n) is 2.50. The van der Waals surface area contributed by atoms with Crippen molar-refractivity contribution in [2.24, 2.45) is 0 Å². The number of hydrogen-bond acceptors (Lipinski definition) is 4. The van der Waals surface area contributed by atoms with E-state index in [1.165, 1.54) is 33.3 Å². The Labute approximate surface area is 105 Å². The second-order valence-electron chi connectivity index (χ2n) is 3.65. The van der Waals surface area contributed by atoms with E-state index in [4.69, 9.17) is 9.47 Å². The highest BCUT2D eigenvalue weighted by Gasteiger charge is 2.26. The average Bonchev–Trinajstić information content (AvgIpc) is 2.43. The lowest BCUT2D eigenvalue weighted by Crippen LogP contribution is -2.25. The molecule has 1 unspecified atom stereocenters. The molecule has 4 nitrogen and oxygen atoms in total. The van der Waals surface area contributed by atoms with Crippen LogP contribution in [-0.4, -0.2) is 32.0 Å². The first-order valence-electron chi connectivity index (χ1n) is 5.47. The van der Waals surface area contributed by atoms with Crippen molar-refractivity contribution in [1.29, 1.82) is 0 Å². The molecular formula is C13H15FO4. The van der Waals surface area contributed by atoms with Crippen molar-refractivity contribution in [3.8, 4) is 11.5 Å². The summed E-state index contributed by atoms with van der Waals surface area (Å²) in [6, 6.07) is 4.31. The van der Waals surface area contributed by atoms with E-state index in [1.807, 2.05) is 0 Å². The molecule has 0 aliphatic carbocycles. The van der Waals surface area contributed by atoms with Gasteiger partial charge < -0.3 is 9.47 Å². The van der Waals surface area contributed by atoms with Gasteiger partial charge in [0.05, 0.1) is 14.2 Å². The van der Waals surface area contributed by atoms with Crippen molar-refractivity contribution in [1.82, 2.24) is 0 Å². The molecule has 0 saturated heterocycles. The Morgan fingerprint density at radius 1 is 1.17 bits per heavy atom. The number of ketones is 2. The van der Waals surface area contributed by atoms with Gasteiger partial charge in [0.25, 0.3) is 0 Å². The molecule has 0 bridgehead atoms. The van der Waals surface area contributed by atoms with Gasteiger partial charge in [0, 0.05) is 18.1 Å². The minimum absolute atomic E-state index is 0.0198. The summed E-state index contributed by atoms with van der Waals surface area (Å²) in [5.41, 5.74) is 0.0560. The molecule has 0 N–H and O–H groups in total. The molecule has 0 radical (unpaired) electrons.